The van der Waals surface area contributed by atoms with E-state index in [4.69, 9.17) is 16.3 Å². The van der Waals surface area contributed by atoms with Crippen molar-refractivity contribution >= 4 is 29.0 Å². The number of hydrogen-bond acceptors (Lipinski definition) is 5. The van der Waals surface area contributed by atoms with Crippen molar-refractivity contribution in [1.82, 2.24) is 9.97 Å². The molecule has 2 aliphatic heterocycles. The molecule has 1 fully saturated rings. The number of fused-ring (bicyclic) bond motifs is 3. The predicted molar refractivity (Wildman–Crippen MR) is 83.0 cm³/mol. The van der Waals surface area contributed by atoms with Gasteiger partial charge in [0.1, 0.15) is 11.2 Å². The summed E-state index contributed by atoms with van der Waals surface area (Å²) < 4.78 is 5.53. The molecule has 0 saturated carbocycles. The molecule has 1 unspecified atom stereocenters. The average molecular weight is 313 g/mol. The van der Waals surface area contributed by atoms with Crippen LogP contribution in [0.3, 0.4) is 0 Å². The van der Waals surface area contributed by atoms with Crippen LogP contribution in [0.2, 0.25) is 5.28 Å². The van der Waals surface area contributed by atoms with E-state index in [1.54, 1.807) is 18.1 Å². The van der Waals surface area contributed by atoms with Crippen molar-refractivity contribution in [2.45, 2.75) is 32.7 Å². The third-order valence-corrected chi connectivity index (χ3v) is 4.12. The maximum atomic E-state index is 12.7. The van der Waals surface area contributed by atoms with E-state index < -0.39 is 5.54 Å². The van der Waals surface area contributed by atoms with Gasteiger partial charge in [-0.2, -0.15) is 4.98 Å². The Morgan fingerprint density at radius 2 is 2.19 bits per heavy atom. The van der Waals surface area contributed by atoms with Crippen molar-refractivity contribution in [3.8, 4) is 0 Å². The first kappa shape index (κ1) is 16.0. The molecule has 3 heterocycles. The molecule has 3 rings (SSSR count). The Hall–Kier alpha value is -1.40. The van der Waals surface area contributed by atoms with Crippen LogP contribution in [-0.4, -0.2) is 48.2 Å². The van der Waals surface area contributed by atoms with Crippen LogP contribution in [0.4, 0.5) is 11.5 Å². The first-order valence-corrected chi connectivity index (χ1v) is 7.64. The smallest absolute Gasteiger partial charge is 0.255 e. The molecule has 1 amide bonds. The van der Waals surface area contributed by atoms with E-state index in [2.05, 4.69) is 9.97 Å². The number of rotatable bonds is 1. The van der Waals surface area contributed by atoms with Gasteiger partial charge in [0, 0.05) is 13.6 Å². The summed E-state index contributed by atoms with van der Waals surface area (Å²) in [5.41, 5.74) is 0.0258. The van der Waals surface area contributed by atoms with Gasteiger partial charge < -0.3 is 14.5 Å². The summed E-state index contributed by atoms with van der Waals surface area (Å²) >= 11 is 5.90. The van der Waals surface area contributed by atoms with Crippen LogP contribution in [-0.2, 0) is 9.53 Å². The van der Waals surface area contributed by atoms with Gasteiger partial charge in [0.2, 0.25) is 5.28 Å². The Balaban J connectivity index is 0.000000774. The molecule has 116 valence electrons. The number of anilines is 2. The van der Waals surface area contributed by atoms with Gasteiger partial charge in [-0.25, -0.2) is 4.98 Å². The highest BCUT2D eigenvalue weighted by atomic mass is 35.5. The SMILES string of the molecule is CC.CCC12COCCN1c1nc(Cl)ncc1N(C)C2=O. The summed E-state index contributed by atoms with van der Waals surface area (Å²) in [7, 11) is 1.74. The molecule has 1 aromatic rings. The van der Waals surface area contributed by atoms with E-state index in [1.807, 2.05) is 25.7 Å². The van der Waals surface area contributed by atoms with E-state index >= 15 is 0 Å². The largest absolute Gasteiger partial charge is 0.377 e. The van der Waals surface area contributed by atoms with Crippen LogP contribution in [0.15, 0.2) is 6.20 Å². The number of nitrogens with zero attached hydrogens (tertiary/aromatic N) is 4. The zero-order valence-electron chi connectivity index (χ0n) is 12.9. The monoisotopic (exact) mass is 312 g/mol. The van der Waals surface area contributed by atoms with E-state index in [9.17, 15) is 4.79 Å². The van der Waals surface area contributed by atoms with Gasteiger partial charge in [-0.1, -0.05) is 20.8 Å². The number of carbonyl (C=O) groups excluding carboxylic acids is 1. The van der Waals surface area contributed by atoms with Gasteiger partial charge in [0.05, 0.1) is 19.4 Å². The fourth-order valence-corrected chi connectivity index (χ4v) is 2.95. The molecular weight excluding hydrogens is 292 g/mol. The molecule has 0 bridgehead atoms. The number of morpholine rings is 1. The Morgan fingerprint density at radius 1 is 1.48 bits per heavy atom. The van der Waals surface area contributed by atoms with Crippen LogP contribution < -0.4 is 9.80 Å². The number of amides is 1. The summed E-state index contributed by atoms with van der Waals surface area (Å²) in [5, 5.41) is 0.193. The number of aromatic nitrogens is 2. The van der Waals surface area contributed by atoms with Crippen LogP contribution in [0.1, 0.15) is 27.2 Å². The molecular formula is C14H21ClN4O2. The summed E-state index contributed by atoms with van der Waals surface area (Å²) in [5.74, 6) is 0.736. The molecule has 1 atom stereocenters. The van der Waals surface area contributed by atoms with Gasteiger partial charge >= 0.3 is 0 Å². The third-order valence-electron chi connectivity index (χ3n) is 3.94. The van der Waals surface area contributed by atoms with Crippen LogP contribution >= 0.6 is 11.6 Å². The Kier molecular flexibility index (Phi) is 4.68. The average Bonchev–Trinajstić information content (AvgIpc) is 2.54. The van der Waals surface area contributed by atoms with Crippen molar-refractivity contribution in [3.05, 3.63) is 11.5 Å². The fraction of sp³-hybridized carbons (Fsp3) is 0.643. The zero-order valence-corrected chi connectivity index (χ0v) is 13.6. The Bertz CT molecular complexity index is 540. The van der Waals surface area contributed by atoms with Gasteiger partial charge in [-0.3, -0.25) is 4.79 Å². The lowest BCUT2D eigenvalue weighted by Gasteiger charge is -2.51. The maximum Gasteiger partial charge on any atom is 0.255 e. The van der Waals surface area contributed by atoms with Gasteiger partial charge in [-0.05, 0) is 18.0 Å². The molecule has 0 radical (unpaired) electrons. The first-order chi connectivity index (χ1) is 10.1. The summed E-state index contributed by atoms with van der Waals surface area (Å²) in [4.78, 5) is 24.6. The molecule has 1 aromatic heterocycles. The van der Waals surface area contributed by atoms with Crippen molar-refractivity contribution < 1.29 is 9.53 Å². The predicted octanol–water partition coefficient (Wildman–Crippen LogP) is 2.12. The van der Waals surface area contributed by atoms with Gasteiger partial charge in [-0.15, -0.1) is 0 Å². The molecule has 2 aliphatic rings. The lowest BCUT2D eigenvalue weighted by atomic mass is 9.89. The highest BCUT2D eigenvalue weighted by Gasteiger charge is 2.51. The maximum absolute atomic E-state index is 12.7. The summed E-state index contributed by atoms with van der Waals surface area (Å²) in [6.07, 6.45) is 2.26. The number of halogens is 1. The van der Waals surface area contributed by atoms with E-state index in [1.165, 1.54) is 0 Å². The highest BCUT2D eigenvalue weighted by Crippen LogP contribution is 2.41. The molecule has 0 spiro atoms. The van der Waals surface area contributed by atoms with E-state index in [-0.39, 0.29) is 11.2 Å². The van der Waals surface area contributed by atoms with Gasteiger partial charge in [0.15, 0.2) is 5.82 Å². The Morgan fingerprint density at radius 3 is 2.86 bits per heavy atom. The number of likely N-dealkylation sites (N-methyl/N-ethyl adjacent to an activating group) is 1. The Labute approximate surface area is 130 Å². The molecule has 1 saturated heterocycles. The second kappa shape index (κ2) is 6.15. The summed E-state index contributed by atoms with van der Waals surface area (Å²) in [6, 6.07) is 0. The minimum absolute atomic E-state index is 0.0214. The first-order valence-electron chi connectivity index (χ1n) is 7.26. The number of ether oxygens (including phenoxy) is 1. The van der Waals surface area contributed by atoms with Crippen LogP contribution in [0.5, 0.6) is 0 Å². The normalized spacial score (nSPS) is 24.0. The molecule has 0 N–H and O–H groups in total. The van der Waals surface area contributed by atoms with Crippen molar-refractivity contribution in [1.29, 1.82) is 0 Å². The lowest BCUT2D eigenvalue weighted by Crippen LogP contribution is -2.68. The third kappa shape index (κ3) is 2.36. The van der Waals surface area contributed by atoms with Crippen LogP contribution in [0.25, 0.3) is 0 Å². The molecule has 7 heteroatoms. The highest BCUT2D eigenvalue weighted by molar-refractivity contribution is 6.28. The topological polar surface area (TPSA) is 58.6 Å². The lowest BCUT2D eigenvalue weighted by molar-refractivity contribution is -0.128. The number of hydrogen-bond donors (Lipinski definition) is 0. The second-order valence-electron chi connectivity index (χ2n) is 4.80. The van der Waals surface area contributed by atoms with Crippen LogP contribution in [0, 0.1) is 0 Å². The fourth-order valence-electron chi connectivity index (χ4n) is 2.82. The van der Waals surface area contributed by atoms with E-state index in [0.29, 0.717) is 37.7 Å². The molecule has 0 aliphatic carbocycles. The standard InChI is InChI=1S/C12H15ClN4O2.C2H6/c1-3-12-7-19-5-4-17(12)9-8(16(2)10(12)18)6-14-11(13)15-9;1-2/h6H,3-5,7H2,1-2H3;1-2H3. The van der Waals surface area contributed by atoms with E-state index in [0.717, 1.165) is 0 Å². The molecule has 6 nitrogen and oxygen atoms in total. The van der Waals surface area contributed by atoms with Crippen molar-refractivity contribution in [2.75, 3.05) is 36.6 Å². The zero-order chi connectivity index (χ0) is 15.6. The summed E-state index contributed by atoms with van der Waals surface area (Å²) in [6.45, 7) is 7.59. The van der Waals surface area contributed by atoms with Crippen molar-refractivity contribution in [2.24, 2.45) is 0 Å². The minimum Gasteiger partial charge on any atom is -0.377 e. The quantitative estimate of drug-likeness (QED) is 0.743. The molecule has 0 aromatic carbocycles. The number of carbonyl (C=O) groups is 1. The minimum atomic E-state index is -0.669. The van der Waals surface area contributed by atoms with Crippen molar-refractivity contribution in [3.63, 3.8) is 0 Å². The second-order valence-corrected chi connectivity index (χ2v) is 5.14. The van der Waals surface area contributed by atoms with Gasteiger partial charge in [0.25, 0.3) is 5.91 Å². The molecule has 21 heavy (non-hydrogen) atoms.